The number of amides is 1. The number of rotatable bonds is 4. The largest absolute Gasteiger partial charge is 0.356 e. The van der Waals surface area contributed by atoms with Crippen molar-refractivity contribution in [2.75, 3.05) is 19.6 Å². The zero-order valence-electron chi connectivity index (χ0n) is 9.47. The summed E-state index contributed by atoms with van der Waals surface area (Å²) in [5.41, 5.74) is 0. The fourth-order valence-electron chi connectivity index (χ4n) is 1.71. The third kappa shape index (κ3) is 2.98. The molecule has 0 saturated carbocycles. The average molecular weight is 198 g/mol. The molecular formula is C11H22N2O. The smallest absolute Gasteiger partial charge is 0.224 e. The van der Waals surface area contributed by atoms with Gasteiger partial charge in [0.2, 0.25) is 5.91 Å². The quantitative estimate of drug-likeness (QED) is 0.707. The first-order valence-electron chi connectivity index (χ1n) is 5.63. The van der Waals surface area contributed by atoms with Crippen LogP contribution in [0.4, 0.5) is 0 Å². The first-order valence-corrected chi connectivity index (χ1v) is 5.63. The standard InChI is InChI=1S/C11H22N2O/c1-4-8(2)5-13-11(14)10-7-12-6-9(10)3/h8-10,12H,4-7H2,1-3H3,(H,13,14). The third-order valence-electron chi connectivity index (χ3n) is 3.18. The van der Waals surface area contributed by atoms with Crippen LogP contribution in [0.25, 0.3) is 0 Å². The molecule has 2 N–H and O–H groups in total. The molecule has 1 aliphatic heterocycles. The Labute approximate surface area is 86.6 Å². The Morgan fingerprint density at radius 1 is 1.57 bits per heavy atom. The number of hydrogen-bond acceptors (Lipinski definition) is 2. The Morgan fingerprint density at radius 2 is 2.29 bits per heavy atom. The second kappa shape index (κ2) is 5.35. The number of hydrogen-bond donors (Lipinski definition) is 2. The van der Waals surface area contributed by atoms with Gasteiger partial charge in [0.05, 0.1) is 5.92 Å². The summed E-state index contributed by atoms with van der Waals surface area (Å²) in [6.07, 6.45) is 1.12. The molecule has 1 rings (SSSR count). The van der Waals surface area contributed by atoms with E-state index in [2.05, 4.69) is 31.4 Å². The van der Waals surface area contributed by atoms with Gasteiger partial charge in [-0.1, -0.05) is 27.2 Å². The van der Waals surface area contributed by atoms with Crippen LogP contribution in [0.1, 0.15) is 27.2 Å². The molecule has 1 heterocycles. The fourth-order valence-corrected chi connectivity index (χ4v) is 1.71. The molecule has 1 aliphatic rings. The molecule has 0 aromatic heterocycles. The average Bonchev–Trinajstić information content (AvgIpc) is 2.60. The van der Waals surface area contributed by atoms with Crippen LogP contribution in [0.3, 0.4) is 0 Å². The summed E-state index contributed by atoms with van der Waals surface area (Å²) >= 11 is 0. The highest BCUT2D eigenvalue weighted by atomic mass is 16.1. The Kier molecular flexibility index (Phi) is 4.39. The topological polar surface area (TPSA) is 41.1 Å². The molecule has 0 radical (unpaired) electrons. The van der Waals surface area contributed by atoms with Gasteiger partial charge in [-0.2, -0.15) is 0 Å². The lowest BCUT2D eigenvalue weighted by Crippen LogP contribution is -2.36. The molecule has 3 heteroatoms. The van der Waals surface area contributed by atoms with Gasteiger partial charge < -0.3 is 10.6 Å². The van der Waals surface area contributed by atoms with Crippen molar-refractivity contribution in [1.82, 2.24) is 10.6 Å². The van der Waals surface area contributed by atoms with Gasteiger partial charge in [-0.25, -0.2) is 0 Å². The molecule has 1 fully saturated rings. The molecule has 0 aliphatic carbocycles. The molecule has 1 amide bonds. The van der Waals surface area contributed by atoms with Gasteiger partial charge >= 0.3 is 0 Å². The maximum Gasteiger partial charge on any atom is 0.224 e. The highest BCUT2D eigenvalue weighted by Crippen LogP contribution is 2.15. The van der Waals surface area contributed by atoms with E-state index in [4.69, 9.17) is 0 Å². The SMILES string of the molecule is CCC(C)CNC(=O)C1CNCC1C. The molecule has 0 aromatic carbocycles. The first kappa shape index (κ1) is 11.5. The van der Waals surface area contributed by atoms with E-state index in [1.165, 1.54) is 0 Å². The van der Waals surface area contributed by atoms with E-state index in [0.717, 1.165) is 26.1 Å². The zero-order chi connectivity index (χ0) is 10.6. The normalized spacial score (nSPS) is 28.8. The molecule has 3 unspecified atom stereocenters. The van der Waals surface area contributed by atoms with Crippen LogP contribution in [0.2, 0.25) is 0 Å². The predicted molar refractivity (Wildman–Crippen MR) is 58.0 cm³/mol. The van der Waals surface area contributed by atoms with Crippen molar-refractivity contribution >= 4 is 5.91 Å². The molecule has 3 nitrogen and oxygen atoms in total. The van der Waals surface area contributed by atoms with Crippen LogP contribution in [0, 0.1) is 17.8 Å². The van der Waals surface area contributed by atoms with Crippen LogP contribution in [-0.4, -0.2) is 25.5 Å². The maximum atomic E-state index is 11.7. The van der Waals surface area contributed by atoms with Gasteiger partial charge in [0.25, 0.3) is 0 Å². The van der Waals surface area contributed by atoms with Gasteiger partial charge in [-0.05, 0) is 18.4 Å². The van der Waals surface area contributed by atoms with Gasteiger partial charge in [-0.3, -0.25) is 4.79 Å². The minimum atomic E-state index is 0.180. The minimum Gasteiger partial charge on any atom is -0.356 e. The summed E-state index contributed by atoms with van der Waals surface area (Å²) in [6.45, 7) is 9.08. The lowest BCUT2D eigenvalue weighted by Gasteiger charge is -2.16. The molecule has 1 saturated heterocycles. The van der Waals surface area contributed by atoms with E-state index in [1.807, 2.05) is 0 Å². The number of nitrogens with one attached hydrogen (secondary N) is 2. The molecule has 3 atom stereocenters. The summed E-state index contributed by atoms with van der Waals surface area (Å²) in [5, 5.41) is 6.27. The maximum absolute atomic E-state index is 11.7. The molecule has 0 aromatic rings. The van der Waals surface area contributed by atoms with E-state index < -0.39 is 0 Å². The molecule has 14 heavy (non-hydrogen) atoms. The lowest BCUT2D eigenvalue weighted by atomic mass is 9.97. The molecule has 82 valence electrons. The second-order valence-corrected chi connectivity index (χ2v) is 4.50. The van der Waals surface area contributed by atoms with Crippen LogP contribution < -0.4 is 10.6 Å². The highest BCUT2D eigenvalue weighted by molar-refractivity contribution is 5.79. The third-order valence-corrected chi connectivity index (χ3v) is 3.18. The predicted octanol–water partition coefficient (Wildman–Crippen LogP) is 1.00. The van der Waals surface area contributed by atoms with Gasteiger partial charge in [0.1, 0.15) is 0 Å². The molecular weight excluding hydrogens is 176 g/mol. The van der Waals surface area contributed by atoms with E-state index in [0.29, 0.717) is 11.8 Å². The van der Waals surface area contributed by atoms with E-state index in [1.54, 1.807) is 0 Å². The van der Waals surface area contributed by atoms with Gasteiger partial charge in [-0.15, -0.1) is 0 Å². The molecule has 0 bridgehead atoms. The van der Waals surface area contributed by atoms with Crippen molar-refractivity contribution in [3.8, 4) is 0 Å². The van der Waals surface area contributed by atoms with Crippen molar-refractivity contribution in [3.63, 3.8) is 0 Å². The van der Waals surface area contributed by atoms with Crippen molar-refractivity contribution in [3.05, 3.63) is 0 Å². The minimum absolute atomic E-state index is 0.180. The first-order chi connectivity index (χ1) is 6.65. The Bertz CT molecular complexity index is 194. The van der Waals surface area contributed by atoms with Crippen LogP contribution >= 0.6 is 0 Å². The van der Waals surface area contributed by atoms with Crippen molar-refractivity contribution in [2.24, 2.45) is 17.8 Å². The number of carbonyl (C=O) groups is 1. The van der Waals surface area contributed by atoms with Crippen LogP contribution in [-0.2, 0) is 4.79 Å². The summed E-state index contributed by atoms with van der Waals surface area (Å²) in [7, 11) is 0. The summed E-state index contributed by atoms with van der Waals surface area (Å²) in [5.74, 6) is 1.47. The lowest BCUT2D eigenvalue weighted by molar-refractivity contribution is -0.125. The summed E-state index contributed by atoms with van der Waals surface area (Å²) < 4.78 is 0. The highest BCUT2D eigenvalue weighted by Gasteiger charge is 2.29. The molecule has 0 spiro atoms. The zero-order valence-corrected chi connectivity index (χ0v) is 9.47. The second-order valence-electron chi connectivity index (χ2n) is 4.50. The fraction of sp³-hybridized carbons (Fsp3) is 0.909. The van der Waals surface area contributed by atoms with Crippen molar-refractivity contribution < 1.29 is 4.79 Å². The van der Waals surface area contributed by atoms with E-state index >= 15 is 0 Å². The van der Waals surface area contributed by atoms with E-state index in [9.17, 15) is 4.79 Å². The Balaban J connectivity index is 2.27. The Morgan fingerprint density at radius 3 is 2.79 bits per heavy atom. The van der Waals surface area contributed by atoms with Gasteiger partial charge in [0, 0.05) is 13.1 Å². The van der Waals surface area contributed by atoms with Crippen LogP contribution in [0.5, 0.6) is 0 Å². The summed E-state index contributed by atoms with van der Waals surface area (Å²) in [4.78, 5) is 11.7. The Hall–Kier alpha value is -0.570. The monoisotopic (exact) mass is 198 g/mol. The van der Waals surface area contributed by atoms with Crippen molar-refractivity contribution in [1.29, 1.82) is 0 Å². The van der Waals surface area contributed by atoms with E-state index in [-0.39, 0.29) is 11.8 Å². The summed E-state index contributed by atoms with van der Waals surface area (Å²) in [6, 6.07) is 0. The number of carbonyl (C=O) groups excluding carboxylic acids is 1. The van der Waals surface area contributed by atoms with Gasteiger partial charge in [0.15, 0.2) is 0 Å². The van der Waals surface area contributed by atoms with Crippen molar-refractivity contribution in [2.45, 2.75) is 27.2 Å². The van der Waals surface area contributed by atoms with Crippen LogP contribution in [0.15, 0.2) is 0 Å².